The molecule has 0 N–H and O–H groups in total. The largest absolute Gasteiger partial charge is 0.543 e. The normalized spacial score (nSPS) is 25.4. The maximum Gasteiger partial charge on any atom is 0.257 e. The minimum absolute atomic E-state index is 0.0403. The predicted molar refractivity (Wildman–Crippen MR) is 87.0 cm³/mol. The standard InChI is InChI=1S/C17H15N3O4S/c1-10(21)12-4-3-11-9-18(6-7-19(11)12)17(2)15(24)20-13(14(22)23)5-8-25-16(17)20/h3-7,9,16H,8H2,1-2H3/t16-,17?/m0/s1. The van der Waals surface area contributed by atoms with Crippen molar-refractivity contribution in [3.8, 4) is 5.69 Å². The number of carboxylic acid groups (broad SMARTS) is 1. The predicted octanol–water partition coefficient (Wildman–Crippen LogP) is -0.331. The first-order valence-electron chi connectivity index (χ1n) is 7.76. The Kier molecular flexibility index (Phi) is 3.30. The number of aromatic nitrogens is 2. The van der Waals surface area contributed by atoms with Crippen molar-refractivity contribution in [1.82, 2.24) is 9.47 Å². The van der Waals surface area contributed by atoms with Crippen LogP contribution in [-0.4, -0.2) is 38.3 Å². The van der Waals surface area contributed by atoms with E-state index in [-0.39, 0.29) is 22.8 Å². The summed E-state index contributed by atoms with van der Waals surface area (Å²) in [6.07, 6.45) is 6.80. The number of nitrogens with zero attached hydrogens (tertiary/aromatic N) is 3. The highest BCUT2D eigenvalue weighted by Crippen LogP contribution is 2.48. The molecule has 0 aromatic rings. The number of rotatable bonds is 3. The summed E-state index contributed by atoms with van der Waals surface area (Å²) in [6, 6.07) is 3.56. The zero-order valence-electron chi connectivity index (χ0n) is 13.6. The first-order valence-corrected chi connectivity index (χ1v) is 8.81. The Labute approximate surface area is 147 Å². The fourth-order valence-electron chi connectivity index (χ4n) is 3.49. The van der Waals surface area contributed by atoms with Gasteiger partial charge in [-0.15, -0.1) is 11.8 Å². The molecule has 1 unspecified atom stereocenters. The summed E-state index contributed by atoms with van der Waals surface area (Å²) in [5.41, 5.74) is 0.413. The zero-order chi connectivity index (χ0) is 17.9. The molecule has 0 aromatic carbocycles. The van der Waals surface area contributed by atoms with E-state index in [1.807, 2.05) is 6.07 Å². The third-order valence-corrected chi connectivity index (χ3v) is 6.21. The molecule has 7 nitrogen and oxygen atoms in total. The molecule has 1 fully saturated rings. The van der Waals surface area contributed by atoms with Crippen molar-refractivity contribution in [3.05, 3.63) is 48.2 Å². The molecule has 0 saturated carbocycles. The molecule has 4 aliphatic heterocycles. The van der Waals surface area contributed by atoms with E-state index in [4.69, 9.17) is 0 Å². The Morgan fingerprint density at radius 1 is 1.40 bits per heavy atom. The highest BCUT2D eigenvalue weighted by atomic mass is 32.2. The van der Waals surface area contributed by atoms with E-state index in [2.05, 4.69) is 0 Å². The first kappa shape index (κ1) is 15.9. The summed E-state index contributed by atoms with van der Waals surface area (Å²) >= 11 is 1.51. The van der Waals surface area contributed by atoms with Crippen LogP contribution in [0.4, 0.5) is 0 Å². The molecule has 0 aliphatic carbocycles. The number of Topliss-reactive ketones (excluding diaryl/α,β-unsaturated/α-hetero) is 1. The maximum absolute atomic E-state index is 12.8. The topological polar surface area (TPSA) is 86.3 Å². The number of carbonyl (C=O) groups excluding carboxylic acids is 3. The molecular weight excluding hydrogens is 342 g/mol. The van der Waals surface area contributed by atoms with Gasteiger partial charge in [0.1, 0.15) is 5.37 Å². The lowest BCUT2D eigenvalue weighted by atomic mass is 9.88. The lowest BCUT2D eigenvalue weighted by Crippen LogP contribution is -2.72. The molecule has 0 bridgehead atoms. The minimum atomic E-state index is -1.33. The molecule has 4 heterocycles. The van der Waals surface area contributed by atoms with E-state index in [1.54, 1.807) is 40.7 Å². The van der Waals surface area contributed by atoms with Crippen molar-refractivity contribution in [1.29, 1.82) is 0 Å². The van der Waals surface area contributed by atoms with Gasteiger partial charge in [-0.05, 0) is 13.0 Å². The second-order valence-corrected chi connectivity index (χ2v) is 7.40. The van der Waals surface area contributed by atoms with Crippen LogP contribution in [0.25, 0.3) is 5.69 Å². The molecule has 128 valence electrons. The fourth-order valence-corrected chi connectivity index (χ4v) is 4.83. The number of carbonyl (C=O) groups is 3. The average Bonchev–Trinajstić information content (AvgIpc) is 3.03. The summed E-state index contributed by atoms with van der Waals surface area (Å²) < 4.78 is 3.56. The lowest BCUT2D eigenvalue weighted by Gasteiger charge is -2.56. The van der Waals surface area contributed by atoms with Crippen LogP contribution < -0.4 is 9.67 Å². The average molecular weight is 357 g/mol. The Morgan fingerprint density at radius 2 is 2.16 bits per heavy atom. The third kappa shape index (κ3) is 2.00. The smallest absolute Gasteiger partial charge is 0.257 e. The summed E-state index contributed by atoms with van der Waals surface area (Å²) in [5, 5.41) is 10.9. The van der Waals surface area contributed by atoms with Crippen LogP contribution in [0.5, 0.6) is 0 Å². The molecule has 8 heteroatoms. The van der Waals surface area contributed by atoms with Crippen LogP contribution in [0.3, 0.4) is 0 Å². The molecule has 0 spiro atoms. The van der Waals surface area contributed by atoms with Crippen molar-refractivity contribution in [2.75, 3.05) is 5.75 Å². The number of hydrogen-bond donors (Lipinski definition) is 0. The van der Waals surface area contributed by atoms with Crippen LogP contribution in [0, 0.1) is 0 Å². The molecule has 0 radical (unpaired) electrons. The van der Waals surface area contributed by atoms with Crippen molar-refractivity contribution in [2.45, 2.75) is 24.8 Å². The van der Waals surface area contributed by atoms with E-state index >= 15 is 0 Å². The second kappa shape index (κ2) is 5.19. The first-order chi connectivity index (χ1) is 11.9. The summed E-state index contributed by atoms with van der Waals surface area (Å²) in [6.45, 7) is 3.30. The molecule has 4 aliphatic rings. The van der Waals surface area contributed by atoms with Gasteiger partial charge in [-0.2, -0.15) is 4.57 Å². The lowest BCUT2D eigenvalue weighted by molar-refractivity contribution is -0.595. The van der Waals surface area contributed by atoms with Crippen LogP contribution in [0.15, 0.2) is 42.5 Å². The van der Waals surface area contributed by atoms with Crippen LogP contribution >= 0.6 is 11.8 Å². The number of ketones is 1. The van der Waals surface area contributed by atoms with Gasteiger partial charge in [0.25, 0.3) is 11.6 Å². The van der Waals surface area contributed by atoms with Crippen molar-refractivity contribution < 1.29 is 24.1 Å². The Hall–Kier alpha value is -2.61. The molecule has 1 saturated heterocycles. The van der Waals surface area contributed by atoms with Crippen molar-refractivity contribution in [2.24, 2.45) is 0 Å². The zero-order valence-corrected chi connectivity index (χ0v) is 14.4. The maximum atomic E-state index is 12.8. The monoisotopic (exact) mass is 357 g/mol. The number of fused-ring (bicyclic) bond motifs is 2. The van der Waals surface area contributed by atoms with Gasteiger partial charge < -0.3 is 14.5 Å². The van der Waals surface area contributed by atoms with Gasteiger partial charge in [-0.3, -0.25) is 14.5 Å². The summed E-state index contributed by atoms with van der Waals surface area (Å²) in [5.74, 6) is -1.15. The molecule has 4 rings (SSSR count). The fraction of sp³-hybridized carbons (Fsp3) is 0.294. The van der Waals surface area contributed by atoms with Gasteiger partial charge in [-0.1, -0.05) is 0 Å². The van der Waals surface area contributed by atoms with Crippen molar-refractivity contribution >= 4 is 29.4 Å². The van der Waals surface area contributed by atoms with Crippen LogP contribution in [0.1, 0.15) is 24.3 Å². The van der Waals surface area contributed by atoms with Gasteiger partial charge in [0, 0.05) is 24.8 Å². The van der Waals surface area contributed by atoms with Gasteiger partial charge in [0.15, 0.2) is 11.7 Å². The SMILES string of the molecule is CC(=O)c1ccc2cn(C3(C)C(=O)N4C(C(=O)[O-])=CCS[C@H]43)cc[n+]1-2. The van der Waals surface area contributed by atoms with E-state index < -0.39 is 11.5 Å². The molecule has 2 atom stereocenters. The van der Waals surface area contributed by atoms with Gasteiger partial charge >= 0.3 is 0 Å². The van der Waals surface area contributed by atoms with E-state index in [0.717, 1.165) is 5.69 Å². The van der Waals surface area contributed by atoms with E-state index in [0.29, 0.717) is 11.4 Å². The van der Waals surface area contributed by atoms with Crippen LogP contribution in [0.2, 0.25) is 0 Å². The quantitative estimate of drug-likeness (QED) is 0.427. The summed E-state index contributed by atoms with van der Waals surface area (Å²) in [4.78, 5) is 37.0. The van der Waals surface area contributed by atoms with E-state index in [9.17, 15) is 19.5 Å². The number of thioether (sulfide) groups is 1. The van der Waals surface area contributed by atoms with Gasteiger partial charge in [0.05, 0.1) is 24.1 Å². The van der Waals surface area contributed by atoms with Crippen LogP contribution in [-0.2, 0) is 15.1 Å². The number of aliphatic carboxylic acids is 1. The minimum Gasteiger partial charge on any atom is -0.543 e. The summed E-state index contributed by atoms with van der Waals surface area (Å²) in [7, 11) is 0. The van der Waals surface area contributed by atoms with Gasteiger partial charge in [-0.25, -0.2) is 0 Å². The highest BCUT2D eigenvalue weighted by Gasteiger charge is 2.61. The van der Waals surface area contributed by atoms with Gasteiger partial charge in [0.2, 0.25) is 11.5 Å². The highest BCUT2D eigenvalue weighted by molar-refractivity contribution is 8.00. The second-order valence-electron chi connectivity index (χ2n) is 6.29. The number of hydrogen-bond acceptors (Lipinski definition) is 5. The molecule has 25 heavy (non-hydrogen) atoms. The van der Waals surface area contributed by atoms with E-state index in [1.165, 1.54) is 29.7 Å². The Bertz CT molecular complexity index is 934. The number of amides is 1. The molecule has 1 amide bonds. The molecular formula is C17H15N3O4S. The third-order valence-electron chi connectivity index (χ3n) is 4.86. The molecule has 0 aromatic heterocycles. The number of β-lactam (4-membered cyclic amide) rings is 1. The Balaban J connectivity index is 1.75. The Morgan fingerprint density at radius 3 is 2.84 bits per heavy atom. The van der Waals surface area contributed by atoms with Crippen molar-refractivity contribution in [3.63, 3.8) is 0 Å². The number of carboxylic acids is 1.